The fourth-order valence-corrected chi connectivity index (χ4v) is 3.06. The summed E-state index contributed by atoms with van der Waals surface area (Å²) >= 11 is 0. The fourth-order valence-electron chi connectivity index (χ4n) is 3.06. The Kier molecular flexibility index (Phi) is 2.93. The van der Waals surface area contributed by atoms with Gasteiger partial charge in [0.25, 0.3) is 0 Å². The lowest BCUT2D eigenvalue weighted by Crippen LogP contribution is -2.37. The molecule has 24 heavy (non-hydrogen) atoms. The molecule has 3 N–H and O–H groups in total. The minimum atomic E-state index is -1.36. The van der Waals surface area contributed by atoms with Gasteiger partial charge in [-0.25, -0.2) is 9.18 Å². The number of hydrogen-bond acceptors (Lipinski definition) is 4. The van der Waals surface area contributed by atoms with Gasteiger partial charge in [-0.1, -0.05) is 0 Å². The molecule has 1 aliphatic heterocycles. The molecule has 0 spiro atoms. The summed E-state index contributed by atoms with van der Waals surface area (Å²) in [6.07, 6.45) is 2.95. The molecule has 0 radical (unpaired) electrons. The van der Waals surface area contributed by atoms with Gasteiger partial charge in [-0.05, 0) is 25.8 Å². The summed E-state index contributed by atoms with van der Waals surface area (Å²) in [7, 11) is 0. The molecular formula is C16H14FN3O4. The van der Waals surface area contributed by atoms with E-state index in [-0.39, 0.29) is 28.7 Å². The predicted octanol–water partition coefficient (Wildman–Crippen LogP) is 1.93. The number of aromatic carboxylic acids is 1. The van der Waals surface area contributed by atoms with Crippen LogP contribution in [-0.2, 0) is 4.79 Å². The molecule has 2 heterocycles. The van der Waals surface area contributed by atoms with Gasteiger partial charge in [-0.2, -0.15) is 0 Å². The quantitative estimate of drug-likeness (QED) is 0.781. The number of aromatic nitrogens is 1. The molecule has 1 fully saturated rings. The van der Waals surface area contributed by atoms with Crippen LogP contribution in [0.2, 0.25) is 0 Å². The van der Waals surface area contributed by atoms with E-state index in [2.05, 4.69) is 10.6 Å². The molecule has 8 heteroatoms. The van der Waals surface area contributed by atoms with Gasteiger partial charge in [-0.15, -0.1) is 0 Å². The molecule has 1 aromatic carbocycles. The Morgan fingerprint density at radius 2 is 2.04 bits per heavy atom. The molecule has 7 nitrogen and oxygen atoms in total. The summed E-state index contributed by atoms with van der Waals surface area (Å²) in [5, 5.41) is 14.6. The van der Waals surface area contributed by atoms with Crippen molar-refractivity contribution in [2.75, 3.05) is 10.6 Å². The Balaban J connectivity index is 2.14. The first kappa shape index (κ1) is 14.7. The van der Waals surface area contributed by atoms with E-state index < -0.39 is 28.8 Å². The number of halogens is 1. The number of anilines is 2. The van der Waals surface area contributed by atoms with Crippen molar-refractivity contribution in [3.63, 3.8) is 0 Å². The van der Waals surface area contributed by atoms with E-state index in [1.54, 1.807) is 11.5 Å². The molecule has 2 aromatic rings. The molecule has 1 amide bonds. The highest BCUT2D eigenvalue weighted by atomic mass is 19.1. The number of nitrogens with one attached hydrogen (secondary N) is 2. The molecule has 4 rings (SSSR count). The van der Waals surface area contributed by atoms with Gasteiger partial charge < -0.3 is 20.3 Å². The van der Waals surface area contributed by atoms with Crippen LogP contribution in [0.5, 0.6) is 0 Å². The Hall–Kier alpha value is -2.90. The molecular weight excluding hydrogens is 317 g/mol. The van der Waals surface area contributed by atoms with E-state index in [1.165, 1.54) is 6.20 Å². The van der Waals surface area contributed by atoms with E-state index in [9.17, 15) is 23.9 Å². The lowest BCUT2D eigenvalue weighted by molar-refractivity contribution is -0.116. The minimum Gasteiger partial charge on any atom is -0.477 e. The highest BCUT2D eigenvalue weighted by molar-refractivity contribution is 6.11. The summed E-state index contributed by atoms with van der Waals surface area (Å²) < 4.78 is 16.1. The molecule has 1 saturated carbocycles. The number of nitrogens with zero attached hydrogens (tertiary/aromatic N) is 1. The van der Waals surface area contributed by atoms with Gasteiger partial charge in [0.2, 0.25) is 11.3 Å². The second-order valence-corrected chi connectivity index (χ2v) is 6.18. The van der Waals surface area contributed by atoms with E-state index in [4.69, 9.17) is 0 Å². The molecule has 0 unspecified atom stereocenters. The van der Waals surface area contributed by atoms with Gasteiger partial charge in [0.15, 0.2) is 0 Å². The van der Waals surface area contributed by atoms with Crippen molar-refractivity contribution in [2.24, 2.45) is 0 Å². The first-order chi connectivity index (χ1) is 11.4. The van der Waals surface area contributed by atoms with Gasteiger partial charge in [0.05, 0.1) is 22.3 Å². The monoisotopic (exact) mass is 331 g/mol. The topological polar surface area (TPSA) is 100 Å². The third kappa shape index (κ3) is 1.99. The van der Waals surface area contributed by atoms with Crippen molar-refractivity contribution in [1.29, 1.82) is 0 Å². The lowest BCUT2D eigenvalue weighted by atomic mass is 10.0. The zero-order valence-electron chi connectivity index (χ0n) is 12.7. The lowest BCUT2D eigenvalue weighted by Gasteiger charge is -2.27. The molecule has 1 atom stereocenters. The highest BCUT2D eigenvalue weighted by Gasteiger charge is 2.32. The highest BCUT2D eigenvalue weighted by Crippen LogP contribution is 2.42. The van der Waals surface area contributed by atoms with Crippen LogP contribution in [-0.4, -0.2) is 27.6 Å². The van der Waals surface area contributed by atoms with E-state index in [0.29, 0.717) is 5.52 Å². The van der Waals surface area contributed by atoms with Crippen LogP contribution in [0.1, 0.15) is 36.2 Å². The van der Waals surface area contributed by atoms with Crippen LogP contribution in [0.3, 0.4) is 0 Å². The molecule has 0 bridgehead atoms. The van der Waals surface area contributed by atoms with E-state index in [1.807, 2.05) is 0 Å². The first-order valence-corrected chi connectivity index (χ1v) is 7.60. The standard InChI is InChI=1S/C16H14FN3O4/c1-6-15(22)19-12-11(18-6)10(17)4-8-13(12)20(7-2-3-7)5-9(14(8)21)16(23)24/h4-7,18H,2-3H2,1H3,(H,19,22)(H,23,24)/t6-/m0/s1. The number of fused-ring (bicyclic) bond motifs is 3. The van der Waals surface area contributed by atoms with E-state index in [0.717, 1.165) is 18.9 Å². The van der Waals surface area contributed by atoms with Crippen LogP contribution >= 0.6 is 0 Å². The number of benzene rings is 1. The Morgan fingerprint density at radius 3 is 2.67 bits per heavy atom. The maximum atomic E-state index is 14.5. The fraction of sp³-hybridized carbons (Fsp3) is 0.312. The summed E-state index contributed by atoms with van der Waals surface area (Å²) in [6.45, 7) is 1.60. The average Bonchev–Trinajstić information content (AvgIpc) is 3.35. The Morgan fingerprint density at radius 1 is 1.33 bits per heavy atom. The zero-order chi connectivity index (χ0) is 17.2. The number of carbonyl (C=O) groups is 2. The van der Waals surface area contributed by atoms with Crippen molar-refractivity contribution >= 4 is 34.2 Å². The summed E-state index contributed by atoms with van der Waals surface area (Å²) in [4.78, 5) is 35.8. The number of amides is 1. The number of hydrogen-bond donors (Lipinski definition) is 3. The maximum absolute atomic E-state index is 14.5. The smallest absolute Gasteiger partial charge is 0.341 e. The molecule has 2 aliphatic rings. The molecule has 124 valence electrons. The number of pyridine rings is 1. The summed E-state index contributed by atoms with van der Waals surface area (Å²) in [6, 6.07) is 0.472. The third-order valence-corrected chi connectivity index (χ3v) is 4.44. The Bertz CT molecular complexity index is 978. The zero-order valence-corrected chi connectivity index (χ0v) is 12.7. The van der Waals surface area contributed by atoms with Crippen LogP contribution in [0.4, 0.5) is 15.8 Å². The second-order valence-electron chi connectivity index (χ2n) is 6.18. The molecule has 1 aromatic heterocycles. The minimum absolute atomic E-state index is 0.0389. The van der Waals surface area contributed by atoms with Crippen molar-refractivity contribution in [2.45, 2.75) is 31.8 Å². The normalized spacial score (nSPS) is 19.6. The van der Waals surface area contributed by atoms with Crippen molar-refractivity contribution in [3.8, 4) is 0 Å². The van der Waals surface area contributed by atoms with Gasteiger partial charge in [0, 0.05) is 12.2 Å². The largest absolute Gasteiger partial charge is 0.477 e. The van der Waals surface area contributed by atoms with Gasteiger partial charge in [-0.3, -0.25) is 9.59 Å². The number of rotatable bonds is 2. The van der Waals surface area contributed by atoms with Crippen LogP contribution in [0, 0.1) is 5.82 Å². The average molecular weight is 331 g/mol. The van der Waals surface area contributed by atoms with Crippen molar-refractivity contribution < 1.29 is 19.1 Å². The third-order valence-electron chi connectivity index (χ3n) is 4.44. The number of carboxylic acid groups (broad SMARTS) is 1. The number of carbonyl (C=O) groups excluding carboxylic acids is 1. The van der Waals surface area contributed by atoms with Gasteiger partial charge >= 0.3 is 5.97 Å². The predicted molar refractivity (Wildman–Crippen MR) is 85.1 cm³/mol. The van der Waals surface area contributed by atoms with E-state index >= 15 is 0 Å². The van der Waals surface area contributed by atoms with Crippen LogP contribution in [0.15, 0.2) is 17.1 Å². The maximum Gasteiger partial charge on any atom is 0.341 e. The van der Waals surface area contributed by atoms with Crippen LogP contribution in [0.25, 0.3) is 10.9 Å². The van der Waals surface area contributed by atoms with Crippen molar-refractivity contribution in [1.82, 2.24) is 4.57 Å². The van der Waals surface area contributed by atoms with Gasteiger partial charge in [0.1, 0.15) is 17.4 Å². The molecule has 0 saturated heterocycles. The summed E-state index contributed by atoms with van der Waals surface area (Å²) in [5.41, 5.74) is -0.502. The first-order valence-electron chi connectivity index (χ1n) is 7.60. The van der Waals surface area contributed by atoms with Crippen molar-refractivity contribution in [3.05, 3.63) is 33.9 Å². The molecule has 1 aliphatic carbocycles. The Labute approximate surface area is 135 Å². The second kappa shape index (κ2) is 4.80. The number of carboxylic acids is 1. The summed E-state index contributed by atoms with van der Waals surface area (Å²) in [5.74, 6) is -2.40. The SMILES string of the molecule is C[C@@H]1Nc2c(F)cc3c(=O)c(C(=O)O)cn(C4CC4)c3c2NC1=O. The van der Waals surface area contributed by atoms with Crippen LogP contribution < -0.4 is 16.1 Å².